The van der Waals surface area contributed by atoms with Gasteiger partial charge in [-0.3, -0.25) is 9.11 Å². The van der Waals surface area contributed by atoms with Crippen LogP contribution in [-0.4, -0.2) is 53.6 Å². The second-order valence-electron chi connectivity index (χ2n) is 2.92. The molecule has 0 radical (unpaired) electrons. The molecule has 9 heteroatoms. The zero-order chi connectivity index (χ0) is 12.8. The summed E-state index contributed by atoms with van der Waals surface area (Å²) in [6, 6.07) is -0.0995. The molecule has 1 unspecified atom stereocenters. The summed E-state index contributed by atoms with van der Waals surface area (Å²) in [7, 11) is -1.03. The average Bonchev–Trinajstić information content (AvgIpc) is 1.98. The standard InChI is InChI=1S/C7H13NO2.ClH.H2O4S/c1-5(7(9)10)6(2)8(3)4;;1-5(2,3)4/h6H,1H2,2-4H3,(H,9,10);1H;(H2,1,2,3,4). The van der Waals surface area contributed by atoms with E-state index in [0.29, 0.717) is 0 Å². The third-order valence-corrected chi connectivity index (χ3v) is 1.55. The van der Waals surface area contributed by atoms with Gasteiger partial charge in [0.15, 0.2) is 0 Å². The van der Waals surface area contributed by atoms with Gasteiger partial charge in [0.1, 0.15) is 0 Å². The van der Waals surface area contributed by atoms with Crippen LogP contribution in [0.4, 0.5) is 0 Å². The number of aliphatic carboxylic acids is 1. The fourth-order valence-corrected chi connectivity index (χ4v) is 0.490. The maximum absolute atomic E-state index is 10.3. The summed E-state index contributed by atoms with van der Waals surface area (Å²) in [4.78, 5) is 12.1. The van der Waals surface area contributed by atoms with Crippen LogP contribution in [-0.2, 0) is 15.2 Å². The van der Waals surface area contributed by atoms with E-state index in [1.54, 1.807) is 11.8 Å². The molecular formula is C7H16ClNO6S. The monoisotopic (exact) mass is 277 g/mol. The van der Waals surface area contributed by atoms with Gasteiger partial charge in [-0.1, -0.05) is 6.58 Å². The predicted molar refractivity (Wildman–Crippen MR) is 61.4 cm³/mol. The quantitative estimate of drug-likeness (QED) is 0.503. The summed E-state index contributed by atoms with van der Waals surface area (Å²) >= 11 is 0. The first-order chi connectivity index (χ1) is 6.46. The van der Waals surface area contributed by atoms with E-state index in [2.05, 4.69) is 6.58 Å². The van der Waals surface area contributed by atoms with Crippen LogP contribution in [0.15, 0.2) is 12.2 Å². The molecule has 16 heavy (non-hydrogen) atoms. The van der Waals surface area contributed by atoms with Crippen LogP contribution in [0.25, 0.3) is 0 Å². The van der Waals surface area contributed by atoms with Crippen molar-refractivity contribution < 1.29 is 27.4 Å². The highest BCUT2D eigenvalue weighted by molar-refractivity contribution is 7.79. The van der Waals surface area contributed by atoms with Gasteiger partial charge in [-0.2, -0.15) is 8.42 Å². The molecule has 0 aromatic rings. The van der Waals surface area contributed by atoms with Gasteiger partial charge in [0.2, 0.25) is 0 Å². The van der Waals surface area contributed by atoms with E-state index in [0.717, 1.165) is 0 Å². The normalized spacial score (nSPS) is 11.9. The number of likely N-dealkylation sites (N-methyl/N-ethyl adjacent to an activating group) is 1. The molecule has 0 rings (SSSR count). The molecule has 7 nitrogen and oxygen atoms in total. The minimum atomic E-state index is -4.67. The molecule has 0 aliphatic carbocycles. The Bertz CT molecular complexity index is 318. The minimum absolute atomic E-state index is 0. The molecule has 0 bridgehead atoms. The van der Waals surface area contributed by atoms with Crippen LogP contribution in [0.1, 0.15) is 6.92 Å². The van der Waals surface area contributed by atoms with E-state index in [1.165, 1.54) is 0 Å². The highest BCUT2D eigenvalue weighted by Crippen LogP contribution is 2.03. The van der Waals surface area contributed by atoms with Crippen molar-refractivity contribution >= 4 is 28.8 Å². The number of nitrogens with zero attached hydrogens (tertiary/aromatic N) is 1. The zero-order valence-corrected chi connectivity index (χ0v) is 10.7. The van der Waals surface area contributed by atoms with Crippen LogP contribution < -0.4 is 0 Å². The van der Waals surface area contributed by atoms with Crippen LogP contribution in [0, 0.1) is 0 Å². The molecule has 0 aliphatic heterocycles. The molecule has 0 spiro atoms. The first kappa shape index (κ1) is 20.7. The van der Waals surface area contributed by atoms with Crippen molar-refractivity contribution in [3.8, 4) is 0 Å². The molecule has 98 valence electrons. The smallest absolute Gasteiger partial charge is 0.394 e. The third-order valence-electron chi connectivity index (χ3n) is 1.55. The molecule has 0 fully saturated rings. The van der Waals surface area contributed by atoms with Gasteiger partial charge >= 0.3 is 16.4 Å². The van der Waals surface area contributed by atoms with Crippen LogP contribution in [0.3, 0.4) is 0 Å². The molecule has 3 N–H and O–H groups in total. The summed E-state index contributed by atoms with van der Waals surface area (Å²) in [6.07, 6.45) is 0. The Kier molecular flexibility index (Phi) is 11.0. The fourth-order valence-electron chi connectivity index (χ4n) is 0.490. The van der Waals surface area contributed by atoms with Crippen LogP contribution in [0.5, 0.6) is 0 Å². The first-order valence-corrected chi connectivity index (χ1v) is 5.15. The number of halogens is 1. The van der Waals surface area contributed by atoms with E-state index in [1.807, 2.05) is 14.1 Å². The van der Waals surface area contributed by atoms with Crippen molar-refractivity contribution in [2.45, 2.75) is 13.0 Å². The first-order valence-electron chi connectivity index (χ1n) is 3.75. The molecule has 0 aromatic carbocycles. The number of carboxylic acids is 1. The summed E-state index contributed by atoms with van der Waals surface area (Å²) in [5.41, 5.74) is 0.227. The molecule has 0 amide bonds. The van der Waals surface area contributed by atoms with E-state index in [4.69, 9.17) is 22.6 Å². The van der Waals surface area contributed by atoms with Crippen molar-refractivity contribution in [1.82, 2.24) is 4.90 Å². The minimum Gasteiger partial charge on any atom is -0.478 e. The highest BCUT2D eigenvalue weighted by Gasteiger charge is 2.14. The van der Waals surface area contributed by atoms with Crippen molar-refractivity contribution in [3.05, 3.63) is 12.2 Å². The van der Waals surface area contributed by atoms with Crippen LogP contribution in [0.2, 0.25) is 0 Å². The summed E-state index contributed by atoms with van der Waals surface area (Å²) in [5, 5.41) is 8.48. The second-order valence-corrected chi connectivity index (χ2v) is 3.81. The van der Waals surface area contributed by atoms with Gasteiger partial charge in [0.25, 0.3) is 0 Å². The lowest BCUT2D eigenvalue weighted by atomic mass is 10.1. The summed E-state index contributed by atoms with van der Waals surface area (Å²) in [6.45, 7) is 5.24. The summed E-state index contributed by atoms with van der Waals surface area (Å²) in [5.74, 6) is -0.929. The number of carbonyl (C=O) groups is 1. The number of hydrogen-bond donors (Lipinski definition) is 3. The number of carboxylic acid groups (broad SMARTS) is 1. The molecule has 0 saturated heterocycles. The fraction of sp³-hybridized carbons (Fsp3) is 0.571. The predicted octanol–water partition coefficient (Wildman–Crippen LogP) is 0.346. The van der Waals surface area contributed by atoms with Crippen LogP contribution >= 0.6 is 12.4 Å². The van der Waals surface area contributed by atoms with Crippen molar-refractivity contribution in [3.63, 3.8) is 0 Å². The van der Waals surface area contributed by atoms with Gasteiger partial charge in [-0.15, -0.1) is 12.4 Å². The Morgan fingerprint density at radius 3 is 1.62 bits per heavy atom. The van der Waals surface area contributed by atoms with Crippen molar-refractivity contribution in [2.24, 2.45) is 0 Å². The Labute approximate surface area is 101 Å². The average molecular weight is 278 g/mol. The van der Waals surface area contributed by atoms with Gasteiger partial charge in [0, 0.05) is 11.6 Å². The van der Waals surface area contributed by atoms with Crippen molar-refractivity contribution in [2.75, 3.05) is 14.1 Å². The topological polar surface area (TPSA) is 115 Å². The Morgan fingerprint density at radius 2 is 1.56 bits per heavy atom. The van der Waals surface area contributed by atoms with E-state index in [-0.39, 0.29) is 24.0 Å². The summed E-state index contributed by atoms with van der Waals surface area (Å²) < 4.78 is 31.6. The van der Waals surface area contributed by atoms with E-state index < -0.39 is 16.4 Å². The molecular weight excluding hydrogens is 262 g/mol. The van der Waals surface area contributed by atoms with Gasteiger partial charge in [-0.05, 0) is 21.0 Å². The third kappa shape index (κ3) is 15.8. The second kappa shape index (κ2) is 8.48. The Morgan fingerprint density at radius 1 is 1.31 bits per heavy atom. The number of rotatable bonds is 3. The zero-order valence-electron chi connectivity index (χ0n) is 9.11. The largest absolute Gasteiger partial charge is 0.478 e. The lowest BCUT2D eigenvalue weighted by Gasteiger charge is -2.18. The van der Waals surface area contributed by atoms with E-state index >= 15 is 0 Å². The maximum Gasteiger partial charge on any atom is 0.394 e. The molecule has 0 aliphatic rings. The maximum atomic E-state index is 10.3. The van der Waals surface area contributed by atoms with Crippen molar-refractivity contribution in [1.29, 1.82) is 0 Å². The Balaban J connectivity index is -0.000000242. The lowest BCUT2D eigenvalue weighted by molar-refractivity contribution is -0.133. The highest BCUT2D eigenvalue weighted by atomic mass is 35.5. The molecule has 0 aromatic heterocycles. The Hall–Kier alpha value is -0.670. The van der Waals surface area contributed by atoms with Gasteiger partial charge < -0.3 is 10.0 Å². The molecule has 0 heterocycles. The SMILES string of the molecule is C=C(C(=O)O)C(C)N(C)C.Cl.O=S(=O)(O)O. The number of hydrogen-bond acceptors (Lipinski definition) is 4. The lowest BCUT2D eigenvalue weighted by Crippen LogP contribution is -2.29. The van der Waals surface area contributed by atoms with Gasteiger partial charge in [0.05, 0.1) is 0 Å². The van der Waals surface area contributed by atoms with E-state index in [9.17, 15) is 4.79 Å². The molecule has 0 saturated carbocycles. The van der Waals surface area contributed by atoms with Gasteiger partial charge in [-0.25, -0.2) is 4.79 Å². The molecule has 1 atom stereocenters.